The van der Waals surface area contributed by atoms with Gasteiger partial charge in [-0.3, -0.25) is 9.59 Å². The van der Waals surface area contributed by atoms with E-state index in [1.165, 1.54) is 10.7 Å². The van der Waals surface area contributed by atoms with Crippen LogP contribution in [-0.4, -0.2) is 40.8 Å². The van der Waals surface area contributed by atoms with E-state index in [-0.39, 0.29) is 17.5 Å². The van der Waals surface area contributed by atoms with Gasteiger partial charge in [-0.05, 0) is 48.7 Å². The van der Waals surface area contributed by atoms with E-state index in [9.17, 15) is 9.59 Å². The van der Waals surface area contributed by atoms with Crippen LogP contribution in [0.15, 0.2) is 64.0 Å². The number of benzene rings is 1. The Kier molecular flexibility index (Phi) is 5.46. The third-order valence-corrected chi connectivity index (χ3v) is 5.25. The topological polar surface area (TPSA) is 77.6 Å². The van der Waals surface area contributed by atoms with E-state index in [0.717, 1.165) is 11.3 Å². The first-order chi connectivity index (χ1) is 14.1. The third-order valence-electron chi connectivity index (χ3n) is 5.25. The van der Waals surface area contributed by atoms with Crippen molar-refractivity contribution < 1.29 is 13.9 Å². The van der Waals surface area contributed by atoms with Gasteiger partial charge in [0.2, 0.25) is 5.91 Å². The molecule has 0 N–H and O–H groups in total. The smallest absolute Gasteiger partial charge is 0.267 e. The van der Waals surface area contributed by atoms with Crippen molar-refractivity contribution in [2.75, 3.05) is 20.2 Å². The van der Waals surface area contributed by atoms with Crippen molar-refractivity contribution in [2.45, 2.75) is 25.3 Å². The van der Waals surface area contributed by atoms with Crippen molar-refractivity contribution in [1.82, 2.24) is 14.7 Å². The van der Waals surface area contributed by atoms with Crippen molar-refractivity contribution in [3.05, 3.63) is 70.7 Å². The van der Waals surface area contributed by atoms with Crippen molar-refractivity contribution >= 4 is 5.91 Å². The lowest BCUT2D eigenvalue weighted by molar-refractivity contribution is -0.131. The molecule has 0 aliphatic carbocycles. The third kappa shape index (κ3) is 4.23. The standard InChI is InChI=1S/C22H23N3O4/c1-28-18-5-2-4-16(14-18)15-22(27)24-11-9-17(10-12-24)25-21(26)8-7-19(23-25)20-6-3-13-29-20/h2-8,13-14,17H,9-12,15H2,1H3. The molecule has 0 bridgehead atoms. The molecular weight excluding hydrogens is 370 g/mol. The summed E-state index contributed by atoms with van der Waals surface area (Å²) in [5.41, 5.74) is 1.42. The number of hydrogen-bond donors (Lipinski definition) is 0. The lowest BCUT2D eigenvalue weighted by Crippen LogP contribution is -2.42. The highest BCUT2D eigenvalue weighted by molar-refractivity contribution is 5.79. The maximum absolute atomic E-state index is 12.7. The van der Waals surface area contributed by atoms with Crippen molar-refractivity contribution in [2.24, 2.45) is 0 Å². The summed E-state index contributed by atoms with van der Waals surface area (Å²) in [6.45, 7) is 1.21. The lowest BCUT2D eigenvalue weighted by atomic mass is 10.0. The first-order valence-electron chi connectivity index (χ1n) is 9.68. The summed E-state index contributed by atoms with van der Waals surface area (Å²) < 4.78 is 12.1. The van der Waals surface area contributed by atoms with Gasteiger partial charge in [-0.25, -0.2) is 4.68 Å². The summed E-state index contributed by atoms with van der Waals surface area (Å²) in [5.74, 6) is 1.46. The van der Waals surface area contributed by atoms with Crippen LogP contribution in [0.25, 0.3) is 11.5 Å². The average molecular weight is 393 g/mol. The van der Waals surface area contributed by atoms with Gasteiger partial charge in [-0.2, -0.15) is 5.10 Å². The number of piperidine rings is 1. The van der Waals surface area contributed by atoms with Crippen LogP contribution in [0.5, 0.6) is 5.75 Å². The molecule has 1 aliphatic rings. The first kappa shape index (κ1) is 19.0. The quantitative estimate of drug-likeness (QED) is 0.666. The fourth-order valence-electron chi connectivity index (χ4n) is 3.67. The number of carbonyl (C=O) groups excluding carboxylic acids is 1. The zero-order chi connectivity index (χ0) is 20.2. The summed E-state index contributed by atoms with van der Waals surface area (Å²) in [5, 5.41) is 4.49. The first-order valence-corrected chi connectivity index (χ1v) is 9.68. The molecule has 0 atom stereocenters. The maximum Gasteiger partial charge on any atom is 0.267 e. The molecule has 0 unspecified atom stereocenters. The summed E-state index contributed by atoms with van der Waals surface area (Å²) in [6, 6.07) is 14.3. The molecule has 0 spiro atoms. The molecule has 29 heavy (non-hydrogen) atoms. The number of nitrogens with zero attached hydrogens (tertiary/aromatic N) is 3. The minimum Gasteiger partial charge on any atom is -0.497 e. The Hall–Kier alpha value is -3.35. The highest BCUT2D eigenvalue weighted by Gasteiger charge is 2.25. The fraction of sp³-hybridized carbons (Fsp3) is 0.318. The van der Waals surface area contributed by atoms with E-state index in [2.05, 4.69) is 5.10 Å². The van der Waals surface area contributed by atoms with Crippen LogP contribution in [0.2, 0.25) is 0 Å². The summed E-state index contributed by atoms with van der Waals surface area (Å²) >= 11 is 0. The Bertz CT molecular complexity index is 1030. The zero-order valence-corrected chi connectivity index (χ0v) is 16.3. The predicted octanol–water partition coefficient (Wildman–Crippen LogP) is 2.92. The van der Waals surface area contributed by atoms with Gasteiger partial charge >= 0.3 is 0 Å². The molecule has 7 heteroatoms. The number of likely N-dealkylation sites (tertiary alicyclic amines) is 1. The number of hydrogen-bond acceptors (Lipinski definition) is 5. The van der Waals surface area contributed by atoms with Crippen LogP contribution < -0.4 is 10.3 Å². The van der Waals surface area contributed by atoms with Gasteiger partial charge < -0.3 is 14.1 Å². The fourth-order valence-corrected chi connectivity index (χ4v) is 3.67. The SMILES string of the molecule is COc1cccc(CC(=O)N2CCC(n3nc(-c4ccco4)ccc3=O)CC2)c1. The van der Waals surface area contributed by atoms with Gasteiger partial charge in [0.1, 0.15) is 11.4 Å². The second kappa shape index (κ2) is 8.34. The number of rotatable bonds is 5. The molecule has 7 nitrogen and oxygen atoms in total. The predicted molar refractivity (Wildman–Crippen MR) is 108 cm³/mol. The number of methoxy groups -OCH3 is 1. The van der Waals surface area contributed by atoms with Gasteiger partial charge in [0, 0.05) is 19.2 Å². The van der Waals surface area contributed by atoms with Crippen LogP contribution in [0.4, 0.5) is 0 Å². The van der Waals surface area contributed by atoms with E-state index >= 15 is 0 Å². The molecule has 1 saturated heterocycles. The van der Waals surface area contributed by atoms with E-state index in [0.29, 0.717) is 43.8 Å². The highest BCUT2D eigenvalue weighted by atomic mass is 16.5. The van der Waals surface area contributed by atoms with Gasteiger partial charge in [-0.1, -0.05) is 12.1 Å². The van der Waals surface area contributed by atoms with Crippen LogP contribution in [0.3, 0.4) is 0 Å². The molecule has 4 rings (SSSR count). The van der Waals surface area contributed by atoms with E-state index in [1.807, 2.05) is 35.2 Å². The lowest BCUT2D eigenvalue weighted by Gasteiger charge is -2.32. The van der Waals surface area contributed by atoms with Gasteiger partial charge in [0.05, 0.1) is 25.8 Å². The normalized spacial score (nSPS) is 14.7. The highest BCUT2D eigenvalue weighted by Crippen LogP contribution is 2.23. The van der Waals surface area contributed by atoms with Gasteiger partial charge in [0.15, 0.2) is 5.76 Å². The summed E-state index contributed by atoms with van der Waals surface area (Å²) in [6.07, 6.45) is 3.31. The van der Waals surface area contributed by atoms with Crippen LogP contribution >= 0.6 is 0 Å². The number of amides is 1. The minimum absolute atomic E-state index is 0.0294. The molecule has 150 valence electrons. The van der Waals surface area contributed by atoms with Crippen LogP contribution in [-0.2, 0) is 11.2 Å². The van der Waals surface area contributed by atoms with Crippen LogP contribution in [0.1, 0.15) is 24.4 Å². The molecule has 2 aromatic heterocycles. The second-order valence-electron chi connectivity index (χ2n) is 7.12. The number of aromatic nitrogens is 2. The monoisotopic (exact) mass is 393 g/mol. The number of carbonyl (C=O) groups is 1. The maximum atomic E-state index is 12.7. The van der Waals surface area contributed by atoms with Gasteiger partial charge in [0.25, 0.3) is 5.56 Å². The van der Waals surface area contributed by atoms with Crippen molar-refractivity contribution in [3.8, 4) is 17.2 Å². The Morgan fingerprint density at radius 1 is 1.17 bits per heavy atom. The van der Waals surface area contributed by atoms with Crippen molar-refractivity contribution in [3.63, 3.8) is 0 Å². The van der Waals surface area contributed by atoms with E-state index in [1.54, 1.807) is 25.5 Å². The Morgan fingerprint density at radius 3 is 2.72 bits per heavy atom. The Labute approximate surface area is 168 Å². The van der Waals surface area contributed by atoms with E-state index < -0.39 is 0 Å². The molecule has 3 aromatic rings. The molecule has 1 amide bonds. The summed E-state index contributed by atoms with van der Waals surface area (Å²) in [4.78, 5) is 26.9. The molecule has 0 radical (unpaired) electrons. The molecule has 1 fully saturated rings. The summed E-state index contributed by atoms with van der Waals surface area (Å²) in [7, 11) is 1.61. The second-order valence-corrected chi connectivity index (χ2v) is 7.12. The molecule has 1 aromatic carbocycles. The molecule has 0 saturated carbocycles. The number of ether oxygens (including phenoxy) is 1. The molecule has 1 aliphatic heterocycles. The minimum atomic E-state index is -0.138. The van der Waals surface area contributed by atoms with Gasteiger partial charge in [-0.15, -0.1) is 0 Å². The zero-order valence-electron chi connectivity index (χ0n) is 16.3. The largest absolute Gasteiger partial charge is 0.497 e. The number of furan rings is 1. The molecular formula is C22H23N3O4. The van der Waals surface area contributed by atoms with Crippen molar-refractivity contribution in [1.29, 1.82) is 0 Å². The molecule has 3 heterocycles. The van der Waals surface area contributed by atoms with E-state index in [4.69, 9.17) is 9.15 Å². The Morgan fingerprint density at radius 2 is 2.00 bits per heavy atom. The average Bonchev–Trinajstić information content (AvgIpc) is 3.29. The Balaban J connectivity index is 1.41. The van der Waals surface area contributed by atoms with Crippen LogP contribution in [0, 0.1) is 0 Å².